The number of hydrogen-bond acceptors (Lipinski definition) is 3. The highest BCUT2D eigenvalue weighted by Gasteiger charge is 2.20. The first kappa shape index (κ1) is 17.7. The lowest BCUT2D eigenvalue weighted by Gasteiger charge is -2.34. The van der Waals surface area contributed by atoms with Gasteiger partial charge in [-0.15, -0.1) is 12.4 Å². The lowest BCUT2D eigenvalue weighted by Crippen LogP contribution is -2.40. The molecule has 0 aromatic heterocycles. The number of nitrogens with zero attached hydrogens (tertiary/aromatic N) is 1. The van der Waals surface area contributed by atoms with E-state index < -0.39 is 0 Å². The van der Waals surface area contributed by atoms with Crippen molar-refractivity contribution in [2.45, 2.75) is 26.7 Å². The number of halogens is 1. The molecule has 1 aliphatic heterocycles. The predicted octanol–water partition coefficient (Wildman–Crippen LogP) is 1.11. The fourth-order valence-corrected chi connectivity index (χ4v) is 2.73. The van der Waals surface area contributed by atoms with Crippen LogP contribution in [0.3, 0.4) is 0 Å². The largest absolute Gasteiger partial charge is 0.355 e. The zero-order chi connectivity index (χ0) is 12.7. The van der Waals surface area contributed by atoms with Crippen molar-refractivity contribution in [3.8, 4) is 0 Å². The van der Waals surface area contributed by atoms with Gasteiger partial charge in [-0.2, -0.15) is 0 Å². The van der Waals surface area contributed by atoms with Crippen LogP contribution in [0.4, 0.5) is 0 Å². The van der Waals surface area contributed by atoms with Crippen LogP contribution < -0.4 is 10.6 Å². The van der Waals surface area contributed by atoms with Crippen molar-refractivity contribution in [2.24, 2.45) is 11.8 Å². The molecule has 2 unspecified atom stereocenters. The Morgan fingerprint density at radius 1 is 1.28 bits per heavy atom. The molecule has 0 bridgehead atoms. The van der Waals surface area contributed by atoms with Crippen LogP contribution in [-0.4, -0.2) is 50.6 Å². The van der Waals surface area contributed by atoms with E-state index in [0.29, 0.717) is 6.54 Å². The Kier molecular flexibility index (Phi) is 9.42. The lowest BCUT2D eigenvalue weighted by atomic mass is 9.92. The summed E-state index contributed by atoms with van der Waals surface area (Å²) in [5, 5.41) is 5.76. The number of hydrogen-bond donors (Lipinski definition) is 2. The van der Waals surface area contributed by atoms with Crippen molar-refractivity contribution in [2.75, 3.05) is 39.8 Å². The molecule has 4 nitrogen and oxygen atoms in total. The van der Waals surface area contributed by atoms with E-state index in [9.17, 15) is 4.79 Å². The molecule has 1 saturated heterocycles. The van der Waals surface area contributed by atoms with E-state index in [2.05, 4.69) is 29.4 Å². The highest BCUT2D eigenvalue weighted by molar-refractivity contribution is 5.85. The molecule has 2 atom stereocenters. The van der Waals surface area contributed by atoms with E-state index in [1.165, 1.54) is 19.5 Å². The number of piperidine rings is 1. The molecule has 2 N–H and O–H groups in total. The maximum Gasteiger partial charge on any atom is 0.233 e. The van der Waals surface area contributed by atoms with Gasteiger partial charge in [0.1, 0.15) is 0 Å². The minimum atomic E-state index is 0. The van der Waals surface area contributed by atoms with E-state index >= 15 is 0 Å². The van der Waals surface area contributed by atoms with E-state index in [-0.39, 0.29) is 18.3 Å². The van der Waals surface area contributed by atoms with Crippen LogP contribution in [0.2, 0.25) is 0 Å². The summed E-state index contributed by atoms with van der Waals surface area (Å²) in [4.78, 5) is 13.7. The summed E-state index contributed by atoms with van der Waals surface area (Å²) < 4.78 is 0. The Hall–Kier alpha value is -0.320. The molecule has 1 rings (SSSR count). The minimum Gasteiger partial charge on any atom is -0.355 e. The second-order valence-corrected chi connectivity index (χ2v) is 5.44. The maximum atomic E-state index is 11.2. The summed E-state index contributed by atoms with van der Waals surface area (Å²) in [6.07, 6.45) is 2.41. The van der Waals surface area contributed by atoms with E-state index in [0.717, 1.165) is 31.3 Å². The topological polar surface area (TPSA) is 44.4 Å². The third-order valence-electron chi connectivity index (χ3n) is 3.26. The molecule has 1 aliphatic rings. The monoisotopic (exact) mass is 277 g/mol. The maximum absolute atomic E-state index is 11.2. The van der Waals surface area contributed by atoms with Crippen molar-refractivity contribution in [3.63, 3.8) is 0 Å². The molecule has 108 valence electrons. The third-order valence-corrected chi connectivity index (χ3v) is 3.26. The van der Waals surface area contributed by atoms with Crippen molar-refractivity contribution in [1.82, 2.24) is 15.5 Å². The first-order chi connectivity index (χ1) is 8.11. The number of amides is 1. The van der Waals surface area contributed by atoms with Crippen molar-refractivity contribution in [1.29, 1.82) is 0 Å². The molecule has 0 aliphatic carbocycles. The second kappa shape index (κ2) is 9.59. The Morgan fingerprint density at radius 2 is 1.89 bits per heavy atom. The second-order valence-electron chi connectivity index (χ2n) is 5.44. The Morgan fingerprint density at radius 3 is 2.44 bits per heavy atom. The molecular weight excluding hydrogens is 250 g/mol. The number of rotatable bonds is 6. The number of carbonyl (C=O) groups excluding carboxylic acids is 1. The van der Waals surface area contributed by atoms with Gasteiger partial charge in [0.05, 0.1) is 6.54 Å². The van der Waals surface area contributed by atoms with E-state index in [4.69, 9.17) is 0 Å². The SMILES string of the molecule is CNCC(=O)NCCCN1CC(C)CC(C)C1.Cl. The van der Waals surface area contributed by atoms with Gasteiger partial charge in [-0.25, -0.2) is 0 Å². The normalized spacial score (nSPS) is 24.4. The van der Waals surface area contributed by atoms with Crippen LogP contribution in [0.15, 0.2) is 0 Å². The average molecular weight is 278 g/mol. The molecule has 5 heteroatoms. The fourth-order valence-electron chi connectivity index (χ4n) is 2.73. The number of nitrogens with one attached hydrogen (secondary N) is 2. The van der Waals surface area contributed by atoms with Gasteiger partial charge in [0.25, 0.3) is 0 Å². The average Bonchev–Trinajstić information content (AvgIpc) is 2.23. The summed E-state index contributed by atoms with van der Waals surface area (Å²) in [7, 11) is 1.79. The summed E-state index contributed by atoms with van der Waals surface area (Å²) in [6.45, 7) is 9.41. The molecule has 1 fully saturated rings. The van der Waals surface area contributed by atoms with Gasteiger partial charge in [-0.3, -0.25) is 4.79 Å². The molecule has 0 saturated carbocycles. The van der Waals surface area contributed by atoms with Gasteiger partial charge in [0, 0.05) is 19.6 Å². The number of likely N-dealkylation sites (N-methyl/N-ethyl adjacent to an activating group) is 1. The van der Waals surface area contributed by atoms with Gasteiger partial charge in [-0.1, -0.05) is 13.8 Å². The summed E-state index contributed by atoms with van der Waals surface area (Å²) in [5.74, 6) is 1.73. The van der Waals surface area contributed by atoms with E-state index in [1.807, 2.05) is 0 Å². The highest BCUT2D eigenvalue weighted by atomic mass is 35.5. The van der Waals surface area contributed by atoms with Crippen molar-refractivity contribution >= 4 is 18.3 Å². The summed E-state index contributed by atoms with van der Waals surface area (Å²) in [6, 6.07) is 0. The van der Waals surface area contributed by atoms with Gasteiger partial charge in [-0.05, 0) is 38.3 Å². The molecule has 18 heavy (non-hydrogen) atoms. The third kappa shape index (κ3) is 7.19. The standard InChI is InChI=1S/C13H27N3O.ClH/c1-11-7-12(2)10-16(9-11)6-4-5-15-13(17)8-14-3;/h11-12,14H,4-10H2,1-3H3,(H,15,17);1H. The van der Waals surface area contributed by atoms with Crippen LogP contribution in [0, 0.1) is 11.8 Å². The summed E-state index contributed by atoms with van der Waals surface area (Å²) in [5.41, 5.74) is 0. The quantitative estimate of drug-likeness (QED) is 0.715. The lowest BCUT2D eigenvalue weighted by molar-refractivity contribution is -0.120. The van der Waals surface area contributed by atoms with Crippen LogP contribution >= 0.6 is 12.4 Å². The molecule has 1 amide bonds. The van der Waals surface area contributed by atoms with Crippen LogP contribution in [0.5, 0.6) is 0 Å². The van der Waals surface area contributed by atoms with Crippen LogP contribution in [0.25, 0.3) is 0 Å². The Bertz CT molecular complexity index is 228. The summed E-state index contributed by atoms with van der Waals surface area (Å²) >= 11 is 0. The molecule has 0 spiro atoms. The smallest absolute Gasteiger partial charge is 0.233 e. The van der Waals surface area contributed by atoms with Gasteiger partial charge < -0.3 is 15.5 Å². The Balaban J connectivity index is 0.00000289. The van der Waals surface area contributed by atoms with Crippen LogP contribution in [-0.2, 0) is 4.79 Å². The predicted molar refractivity (Wildman–Crippen MR) is 78.2 cm³/mol. The molecular formula is C13H28ClN3O. The molecule has 0 radical (unpaired) electrons. The molecule has 0 aromatic rings. The minimum absolute atomic E-state index is 0. The first-order valence-corrected chi connectivity index (χ1v) is 6.75. The van der Waals surface area contributed by atoms with Crippen molar-refractivity contribution < 1.29 is 4.79 Å². The van der Waals surface area contributed by atoms with E-state index in [1.54, 1.807) is 7.05 Å². The Labute approximate surface area is 117 Å². The van der Waals surface area contributed by atoms with Gasteiger partial charge in [0.2, 0.25) is 5.91 Å². The fraction of sp³-hybridized carbons (Fsp3) is 0.923. The first-order valence-electron chi connectivity index (χ1n) is 6.75. The van der Waals surface area contributed by atoms with Crippen molar-refractivity contribution in [3.05, 3.63) is 0 Å². The zero-order valence-electron chi connectivity index (χ0n) is 11.9. The van der Waals surface area contributed by atoms with Crippen LogP contribution in [0.1, 0.15) is 26.7 Å². The number of carbonyl (C=O) groups is 1. The highest BCUT2D eigenvalue weighted by Crippen LogP contribution is 2.20. The molecule has 0 aromatic carbocycles. The number of likely N-dealkylation sites (tertiary alicyclic amines) is 1. The molecule has 1 heterocycles. The van der Waals surface area contributed by atoms with Gasteiger partial charge in [0.15, 0.2) is 0 Å². The zero-order valence-corrected chi connectivity index (χ0v) is 12.7. The van der Waals surface area contributed by atoms with Gasteiger partial charge >= 0.3 is 0 Å².